The molecule has 2 heteroatoms. The fraction of sp³-hybridized carbons (Fsp3) is 0.750. The molecule has 0 spiro atoms. The molecule has 1 rings (SSSR count). The molecule has 1 nitrogen and oxygen atoms in total. The summed E-state index contributed by atoms with van der Waals surface area (Å²) in [6.07, 6.45) is 4.61. The molecule has 0 heterocycles. The second-order valence-electron chi connectivity index (χ2n) is 8.45. The van der Waals surface area contributed by atoms with E-state index in [1.54, 1.807) is 0 Å². The van der Waals surface area contributed by atoms with Crippen LogP contribution in [0.3, 0.4) is 0 Å². The molecule has 0 saturated heterocycles. The van der Waals surface area contributed by atoms with Crippen LogP contribution in [0.1, 0.15) is 41.5 Å². The Balaban J connectivity index is 3.21. The molecule has 1 aliphatic carbocycles. The number of hydrogen-bond acceptors (Lipinski definition) is 1. The Kier molecular flexibility index (Phi) is 3.93. The predicted octanol–water partition coefficient (Wildman–Crippen LogP) is 5.37. The zero-order chi connectivity index (χ0) is 14.4. The largest absolute Gasteiger partial charge is 0.547 e. The fourth-order valence-corrected chi connectivity index (χ4v) is 3.18. The van der Waals surface area contributed by atoms with Gasteiger partial charge in [0.2, 0.25) is 8.32 Å². The maximum absolute atomic E-state index is 6.43. The van der Waals surface area contributed by atoms with Crippen molar-refractivity contribution in [3.05, 3.63) is 23.5 Å². The summed E-state index contributed by atoms with van der Waals surface area (Å²) in [6, 6.07) is 0. The van der Waals surface area contributed by atoms with Crippen molar-refractivity contribution in [2.45, 2.75) is 61.2 Å². The lowest BCUT2D eigenvalue weighted by Crippen LogP contribution is -2.31. The standard InChI is InChI=1S/C16H30OSi/c1-15(2,3)12-10-11-13(16(4,5)6)14(12)17-18(7,8)9/h10-12H,1-9H3. The molecule has 0 radical (unpaired) electrons. The SMILES string of the molecule is CC(C)(C)C1=C(O[Si](C)(C)C)C(C(C)(C)C)C=C1. The van der Waals surface area contributed by atoms with Gasteiger partial charge in [-0.2, -0.15) is 0 Å². The summed E-state index contributed by atoms with van der Waals surface area (Å²) in [4.78, 5) is 0. The molecule has 0 aliphatic heterocycles. The van der Waals surface area contributed by atoms with Gasteiger partial charge in [0.15, 0.2) is 0 Å². The van der Waals surface area contributed by atoms with Crippen LogP contribution in [0.25, 0.3) is 0 Å². The molecule has 0 saturated carbocycles. The summed E-state index contributed by atoms with van der Waals surface area (Å²) < 4.78 is 6.43. The average molecular weight is 267 g/mol. The summed E-state index contributed by atoms with van der Waals surface area (Å²) in [7, 11) is -1.56. The van der Waals surface area contributed by atoms with Gasteiger partial charge in [-0.25, -0.2) is 0 Å². The minimum absolute atomic E-state index is 0.158. The van der Waals surface area contributed by atoms with E-state index >= 15 is 0 Å². The minimum atomic E-state index is -1.56. The summed E-state index contributed by atoms with van der Waals surface area (Å²) in [5.41, 5.74) is 1.76. The normalized spacial score (nSPS) is 21.7. The van der Waals surface area contributed by atoms with Crippen molar-refractivity contribution < 1.29 is 4.43 Å². The lowest BCUT2D eigenvalue weighted by atomic mass is 9.79. The van der Waals surface area contributed by atoms with Gasteiger partial charge in [-0.3, -0.25) is 0 Å². The van der Waals surface area contributed by atoms with Gasteiger partial charge in [0, 0.05) is 5.92 Å². The monoisotopic (exact) mass is 266 g/mol. The molecule has 0 fully saturated rings. The van der Waals surface area contributed by atoms with Crippen LogP contribution < -0.4 is 0 Å². The highest BCUT2D eigenvalue weighted by Gasteiger charge is 2.37. The van der Waals surface area contributed by atoms with Crippen LogP contribution in [-0.4, -0.2) is 8.32 Å². The Morgan fingerprint density at radius 2 is 1.50 bits per heavy atom. The number of rotatable bonds is 2. The Bertz CT molecular complexity index is 369. The van der Waals surface area contributed by atoms with E-state index < -0.39 is 8.32 Å². The molecular weight excluding hydrogens is 236 g/mol. The molecule has 0 aromatic heterocycles. The Morgan fingerprint density at radius 3 is 1.83 bits per heavy atom. The molecule has 1 atom stereocenters. The van der Waals surface area contributed by atoms with E-state index in [-0.39, 0.29) is 10.8 Å². The van der Waals surface area contributed by atoms with Crippen molar-refractivity contribution in [1.82, 2.24) is 0 Å². The van der Waals surface area contributed by atoms with Crippen molar-refractivity contribution >= 4 is 8.32 Å². The number of allylic oxidation sites excluding steroid dienone is 3. The zero-order valence-electron chi connectivity index (χ0n) is 13.6. The second kappa shape index (κ2) is 4.55. The molecular formula is C16H30OSi. The predicted molar refractivity (Wildman–Crippen MR) is 83.0 cm³/mol. The van der Waals surface area contributed by atoms with Crippen molar-refractivity contribution in [3.8, 4) is 0 Å². The molecule has 0 bridgehead atoms. The highest BCUT2D eigenvalue weighted by Crippen LogP contribution is 2.45. The first-order chi connectivity index (χ1) is 7.82. The van der Waals surface area contributed by atoms with Crippen LogP contribution in [0, 0.1) is 16.7 Å². The van der Waals surface area contributed by atoms with Crippen molar-refractivity contribution in [2.24, 2.45) is 16.7 Å². The molecule has 1 aliphatic rings. The smallest absolute Gasteiger partial charge is 0.241 e. The summed E-state index contributed by atoms with van der Waals surface area (Å²) in [5, 5.41) is 0. The van der Waals surface area contributed by atoms with Gasteiger partial charge in [0.05, 0.1) is 5.76 Å². The fourth-order valence-electron chi connectivity index (χ4n) is 2.28. The van der Waals surface area contributed by atoms with Crippen molar-refractivity contribution in [2.75, 3.05) is 0 Å². The van der Waals surface area contributed by atoms with Crippen LogP contribution in [0.2, 0.25) is 19.6 Å². The van der Waals surface area contributed by atoms with Gasteiger partial charge < -0.3 is 4.43 Å². The minimum Gasteiger partial charge on any atom is -0.547 e. The van der Waals surface area contributed by atoms with Gasteiger partial charge in [-0.05, 0) is 36.0 Å². The van der Waals surface area contributed by atoms with Crippen LogP contribution in [-0.2, 0) is 4.43 Å². The third-order valence-corrected chi connectivity index (χ3v) is 3.99. The highest BCUT2D eigenvalue weighted by molar-refractivity contribution is 6.70. The third-order valence-electron chi connectivity index (χ3n) is 3.16. The van der Waals surface area contributed by atoms with E-state index in [0.29, 0.717) is 5.92 Å². The van der Waals surface area contributed by atoms with Crippen molar-refractivity contribution in [1.29, 1.82) is 0 Å². The first-order valence-electron chi connectivity index (χ1n) is 6.94. The molecule has 18 heavy (non-hydrogen) atoms. The van der Waals surface area contributed by atoms with Gasteiger partial charge in [0.1, 0.15) is 0 Å². The van der Waals surface area contributed by atoms with Crippen LogP contribution in [0.4, 0.5) is 0 Å². The van der Waals surface area contributed by atoms with E-state index in [0.717, 1.165) is 0 Å². The maximum atomic E-state index is 6.43. The quantitative estimate of drug-likeness (QED) is 0.610. The van der Waals surface area contributed by atoms with Gasteiger partial charge in [-0.15, -0.1) is 0 Å². The van der Waals surface area contributed by atoms with E-state index in [1.165, 1.54) is 11.3 Å². The average Bonchev–Trinajstić information content (AvgIpc) is 2.41. The van der Waals surface area contributed by atoms with Gasteiger partial charge in [-0.1, -0.05) is 53.7 Å². The molecule has 104 valence electrons. The summed E-state index contributed by atoms with van der Waals surface area (Å²) in [5.74, 6) is 1.65. The summed E-state index contributed by atoms with van der Waals surface area (Å²) >= 11 is 0. The van der Waals surface area contributed by atoms with Crippen molar-refractivity contribution in [3.63, 3.8) is 0 Å². The summed E-state index contributed by atoms with van der Waals surface area (Å²) in [6.45, 7) is 20.5. The van der Waals surface area contributed by atoms with E-state index in [2.05, 4.69) is 73.3 Å². The first kappa shape index (κ1) is 15.6. The molecule has 1 unspecified atom stereocenters. The van der Waals surface area contributed by atoms with E-state index in [1.807, 2.05) is 0 Å². The topological polar surface area (TPSA) is 9.23 Å². The van der Waals surface area contributed by atoms with Crippen LogP contribution in [0.15, 0.2) is 23.5 Å². The Hall–Kier alpha value is -0.503. The van der Waals surface area contributed by atoms with Gasteiger partial charge in [0.25, 0.3) is 0 Å². The molecule has 0 N–H and O–H groups in total. The lowest BCUT2D eigenvalue weighted by Gasteiger charge is -2.34. The Morgan fingerprint density at radius 1 is 1.00 bits per heavy atom. The maximum Gasteiger partial charge on any atom is 0.241 e. The first-order valence-corrected chi connectivity index (χ1v) is 10.3. The van der Waals surface area contributed by atoms with Crippen LogP contribution in [0.5, 0.6) is 0 Å². The highest BCUT2D eigenvalue weighted by atomic mass is 28.4. The van der Waals surface area contributed by atoms with Gasteiger partial charge >= 0.3 is 0 Å². The molecule has 0 aromatic carbocycles. The number of hydrogen-bond donors (Lipinski definition) is 0. The molecule has 0 aromatic rings. The van der Waals surface area contributed by atoms with E-state index in [4.69, 9.17) is 4.43 Å². The third kappa shape index (κ3) is 3.74. The zero-order valence-corrected chi connectivity index (χ0v) is 14.6. The Labute approximate surface area is 114 Å². The molecule has 0 amide bonds. The lowest BCUT2D eigenvalue weighted by molar-refractivity contribution is 0.246. The van der Waals surface area contributed by atoms with E-state index in [9.17, 15) is 0 Å². The van der Waals surface area contributed by atoms with Crippen LogP contribution >= 0.6 is 0 Å². The second-order valence-corrected chi connectivity index (χ2v) is 12.9.